The summed E-state index contributed by atoms with van der Waals surface area (Å²) in [4.78, 5) is 32.5. The van der Waals surface area contributed by atoms with E-state index in [0.29, 0.717) is 4.47 Å². The van der Waals surface area contributed by atoms with Crippen molar-refractivity contribution in [2.75, 3.05) is 6.61 Å². The Kier molecular flexibility index (Phi) is 5.85. The number of benzene rings is 1. The number of rotatable bonds is 4. The second kappa shape index (κ2) is 7.39. The fraction of sp³-hybridized carbons (Fsp3) is 0.0833. The van der Waals surface area contributed by atoms with Gasteiger partial charge >= 0.3 is 12.0 Å². The minimum Gasteiger partial charge on any atom is -0.452 e. The van der Waals surface area contributed by atoms with Gasteiger partial charge in [0.1, 0.15) is 5.82 Å². The van der Waals surface area contributed by atoms with Gasteiger partial charge in [0.15, 0.2) is 6.61 Å². The van der Waals surface area contributed by atoms with Crippen molar-refractivity contribution < 1.29 is 23.5 Å². The van der Waals surface area contributed by atoms with Gasteiger partial charge in [-0.3, -0.25) is 10.1 Å². The first-order valence-electron chi connectivity index (χ1n) is 5.27. The fourth-order valence-electron chi connectivity index (χ4n) is 1.16. The molecule has 6 nitrogen and oxygen atoms in total. The molecule has 1 rings (SSSR count). The van der Waals surface area contributed by atoms with Gasteiger partial charge in [0.2, 0.25) is 0 Å². The Morgan fingerprint density at radius 2 is 2.10 bits per heavy atom. The normalized spacial score (nSPS) is 10.3. The molecule has 3 N–H and O–H groups in total. The van der Waals surface area contributed by atoms with Crippen molar-refractivity contribution in [3.05, 3.63) is 40.1 Å². The van der Waals surface area contributed by atoms with E-state index in [0.717, 1.165) is 6.08 Å². The molecule has 1 aromatic carbocycles. The Bertz CT molecular complexity index is 575. The molecule has 0 heterocycles. The van der Waals surface area contributed by atoms with Crippen molar-refractivity contribution in [2.24, 2.45) is 5.73 Å². The Balaban J connectivity index is 2.53. The van der Waals surface area contributed by atoms with Gasteiger partial charge in [0.05, 0.1) is 0 Å². The number of hydrogen-bond acceptors (Lipinski definition) is 4. The van der Waals surface area contributed by atoms with Crippen LogP contribution in [-0.2, 0) is 14.3 Å². The van der Waals surface area contributed by atoms with Gasteiger partial charge in [0.25, 0.3) is 5.91 Å². The van der Waals surface area contributed by atoms with Crippen molar-refractivity contribution in [3.8, 4) is 0 Å². The van der Waals surface area contributed by atoms with Gasteiger partial charge in [-0.15, -0.1) is 0 Å². The lowest BCUT2D eigenvalue weighted by atomic mass is 10.2. The van der Waals surface area contributed by atoms with E-state index in [9.17, 15) is 18.8 Å². The number of nitrogens with two attached hydrogens (primary N) is 1. The average Bonchev–Trinajstić information content (AvgIpc) is 2.36. The molecule has 0 atom stereocenters. The predicted octanol–water partition coefficient (Wildman–Crippen LogP) is 1.34. The Morgan fingerprint density at radius 3 is 2.75 bits per heavy atom. The SMILES string of the molecule is NC(=O)NC(=O)COC(=O)/C=C/c1cc(Br)ccc1F. The number of hydrogen-bond donors (Lipinski definition) is 2. The minimum atomic E-state index is -1.04. The lowest BCUT2D eigenvalue weighted by Gasteiger charge is -2.01. The molecule has 0 unspecified atom stereocenters. The van der Waals surface area contributed by atoms with Crippen LogP contribution in [0.25, 0.3) is 6.08 Å². The number of ether oxygens (including phenoxy) is 1. The summed E-state index contributed by atoms with van der Waals surface area (Å²) in [6.45, 7) is -0.660. The third kappa shape index (κ3) is 5.61. The lowest BCUT2D eigenvalue weighted by Crippen LogP contribution is -2.37. The van der Waals surface area contributed by atoms with Crippen LogP contribution in [0.5, 0.6) is 0 Å². The van der Waals surface area contributed by atoms with Gasteiger partial charge < -0.3 is 10.5 Å². The van der Waals surface area contributed by atoms with Crippen LogP contribution in [0.4, 0.5) is 9.18 Å². The molecular weight excluding hydrogens is 335 g/mol. The summed E-state index contributed by atoms with van der Waals surface area (Å²) in [5.74, 6) is -2.22. The standard InChI is InChI=1S/C12H10BrFN2O4/c13-8-2-3-9(14)7(5-8)1-4-11(18)20-6-10(17)16-12(15)19/h1-5H,6H2,(H3,15,16,17,19)/b4-1+. The van der Waals surface area contributed by atoms with E-state index < -0.39 is 30.3 Å². The molecule has 1 aromatic rings. The molecule has 106 valence electrons. The number of halogens is 2. The number of amides is 3. The Hall–Kier alpha value is -2.22. The summed E-state index contributed by atoms with van der Waals surface area (Å²) in [7, 11) is 0. The maximum absolute atomic E-state index is 13.3. The summed E-state index contributed by atoms with van der Waals surface area (Å²) in [5.41, 5.74) is 4.87. The number of esters is 1. The van der Waals surface area contributed by atoms with Gasteiger partial charge in [-0.1, -0.05) is 15.9 Å². The van der Waals surface area contributed by atoms with Crippen LogP contribution in [0.3, 0.4) is 0 Å². The highest BCUT2D eigenvalue weighted by Crippen LogP contribution is 2.16. The molecule has 0 saturated carbocycles. The number of carbonyl (C=O) groups excluding carboxylic acids is 3. The molecule has 0 aliphatic rings. The van der Waals surface area contributed by atoms with Gasteiger partial charge in [-0.05, 0) is 24.3 Å². The topological polar surface area (TPSA) is 98.5 Å². The number of imide groups is 1. The van der Waals surface area contributed by atoms with Crippen LogP contribution in [0.1, 0.15) is 5.56 Å². The van der Waals surface area contributed by atoms with E-state index >= 15 is 0 Å². The van der Waals surface area contributed by atoms with Gasteiger partial charge in [-0.25, -0.2) is 14.0 Å². The highest BCUT2D eigenvalue weighted by Gasteiger charge is 2.07. The van der Waals surface area contributed by atoms with E-state index in [2.05, 4.69) is 20.7 Å². The molecule has 3 amide bonds. The number of primary amides is 1. The highest BCUT2D eigenvalue weighted by molar-refractivity contribution is 9.10. The molecule has 8 heteroatoms. The zero-order valence-corrected chi connectivity index (χ0v) is 11.6. The summed E-state index contributed by atoms with van der Waals surface area (Å²) in [6.07, 6.45) is 2.16. The van der Waals surface area contributed by atoms with Crippen LogP contribution >= 0.6 is 15.9 Å². The average molecular weight is 345 g/mol. The van der Waals surface area contributed by atoms with E-state index in [1.807, 2.05) is 0 Å². The molecule has 0 radical (unpaired) electrons. The maximum Gasteiger partial charge on any atom is 0.331 e. The molecular formula is C12H10BrFN2O4. The van der Waals surface area contributed by atoms with Crippen molar-refractivity contribution in [1.29, 1.82) is 0 Å². The molecule has 0 bridgehead atoms. The first-order chi connectivity index (χ1) is 9.38. The second-order valence-electron chi connectivity index (χ2n) is 3.52. The molecule has 0 spiro atoms. The lowest BCUT2D eigenvalue weighted by molar-refractivity contribution is -0.143. The van der Waals surface area contributed by atoms with Gasteiger partial charge in [-0.2, -0.15) is 0 Å². The van der Waals surface area contributed by atoms with Crippen LogP contribution in [-0.4, -0.2) is 24.5 Å². The quantitative estimate of drug-likeness (QED) is 0.636. The van der Waals surface area contributed by atoms with Crippen molar-refractivity contribution in [2.45, 2.75) is 0 Å². The van der Waals surface area contributed by atoms with Crippen LogP contribution in [0.2, 0.25) is 0 Å². The molecule has 0 aromatic heterocycles. The zero-order chi connectivity index (χ0) is 15.1. The molecule has 0 aliphatic carbocycles. The van der Waals surface area contributed by atoms with Crippen molar-refractivity contribution >= 4 is 39.9 Å². The summed E-state index contributed by atoms with van der Waals surface area (Å²) >= 11 is 3.16. The monoisotopic (exact) mass is 344 g/mol. The molecule has 20 heavy (non-hydrogen) atoms. The number of nitrogens with one attached hydrogen (secondary N) is 1. The van der Waals surface area contributed by atoms with Crippen LogP contribution < -0.4 is 11.1 Å². The van der Waals surface area contributed by atoms with Crippen molar-refractivity contribution in [1.82, 2.24) is 5.32 Å². The first kappa shape index (κ1) is 15.8. The van der Waals surface area contributed by atoms with Crippen molar-refractivity contribution in [3.63, 3.8) is 0 Å². The van der Waals surface area contributed by atoms with E-state index in [1.54, 1.807) is 5.32 Å². The predicted molar refractivity (Wildman–Crippen MR) is 71.8 cm³/mol. The van der Waals surface area contributed by atoms with Crippen LogP contribution in [0.15, 0.2) is 28.7 Å². The third-order valence-electron chi connectivity index (χ3n) is 1.97. The summed E-state index contributed by atoms with van der Waals surface area (Å²) < 4.78 is 18.5. The molecule has 0 fully saturated rings. The number of carbonyl (C=O) groups is 3. The van der Waals surface area contributed by atoms with E-state index in [-0.39, 0.29) is 5.56 Å². The summed E-state index contributed by atoms with van der Waals surface area (Å²) in [6, 6.07) is 3.17. The largest absolute Gasteiger partial charge is 0.452 e. The zero-order valence-electron chi connectivity index (χ0n) is 10.1. The fourth-order valence-corrected chi connectivity index (χ4v) is 1.54. The molecule has 0 aliphatic heterocycles. The minimum absolute atomic E-state index is 0.179. The third-order valence-corrected chi connectivity index (χ3v) is 2.46. The van der Waals surface area contributed by atoms with E-state index in [1.165, 1.54) is 24.3 Å². The smallest absolute Gasteiger partial charge is 0.331 e. The summed E-state index contributed by atoms with van der Waals surface area (Å²) in [5, 5.41) is 1.72. The Labute approximate surface area is 121 Å². The van der Waals surface area contributed by atoms with Gasteiger partial charge in [0, 0.05) is 16.1 Å². The van der Waals surface area contributed by atoms with E-state index in [4.69, 9.17) is 5.73 Å². The number of urea groups is 1. The Morgan fingerprint density at radius 1 is 1.40 bits per heavy atom. The second-order valence-corrected chi connectivity index (χ2v) is 4.43. The first-order valence-corrected chi connectivity index (χ1v) is 6.07. The highest BCUT2D eigenvalue weighted by atomic mass is 79.9. The maximum atomic E-state index is 13.3. The molecule has 0 saturated heterocycles. The van der Waals surface area contributed by atoms with Crippen LogP contribution in [0, 0.1) is 5.82 Å².